The summed E-state index contributed by atoms with van der Waals surface area (Å²) in [7, 11) is 0. The zero-order chi connectivity index (χ0) is 21.6. The maximum Gasteiger partial charge on any atom is 0.319 e. The largest absolute Gasteiger partial charge is 0.335 e. The van der Waals surface area contributed by atoms with Gasteiger partial charge in [-0.3, -0.25) is 9.78 Å². The number of pyridine rings is 1. The molecule has 3 amide bonds. The molecular formula is C22H26N6O2. The van der Waals surface area contributed by atoms with Gasteiger partial charge in [0.25, 0.3) is 5.91 Å². The summed E-state index contributed by atoms with van der Waals surface area (Å²) in [6, 6.07) is 9.95. The fraction of sp³-hybridized carbons (Fsp3) is 0.273. The Hall–Kier alpha value is -3.68. The molecule has 8 heteroatoms. The number of urea groups is 1. The lowest BCUT2D eigenvalue weighted by Crippen LogP contribution is -2.47. The maximum atomic E-state index is 12.6. The number of hydrogen-bond acceptors (Lipinski definition) is 4. The fourth-order valence-electron chi connectivity index (χ4n) is 2.84. The van der Waals surface area contributed by atoms with Crippen LogP contribution in [0.1, 0.15) is 31.1 Å². The minimum atomic E-state index is -0.314. The van der Waals surface area contributed by atoms with Crippen molar-refractivity contribution in [1.29, 1.82) is 0 Å². The molecule has 0 saturated heterocycles. The van der Waals surface area contributed by atoms with E-state index in [0.29, 0.717) is 23.5 Å². The molecular weight excluding hydrogens is 380 g/mol. The number of amides is 3. The number of anilines is 2. The average molecular weight is 406 g/mol. The molecule has 0 bridgehead atoms. The van der Waals surface area contributed by atoms with Gasteiger partial charge in [-0.25, -0.2) is 9.78 Å². The Labute approximate surface area is 175 Å². The van der Waals surface area contributed by atoms with E-state index < -0.39 is 0 Å². The van der Waals surface area contributed by atoms with Crippen molar-refractivity contribution >= 4 is 23.3 Å². The Bertz CT molecular complexity index is 980. The number of benzene rings is 1. The Balaban J connectivity index is 1.63. The molecule has 3 N–H and O–H groups in total. The van der Waals surface area contributed by atoms with Crippen molar-refractivity contribution in [2.24, 2.45) is 5.41 Å². The average Bonchev–Trinajstić information content (AvgIpc) is 3.21. The SMILES string of the molecule is CC(C)(C)C(Cn1ccnc1)NC(=O)Nc1cccc(NC(=O)c2cccnc2)c1. The quantitative estimate of drug-likeness (QED) is 0.580. The highest BCUT2D eigenvalue weighted by atomic mass is 16.2. The molecule has 8 nitrogen and oxygen atoms in total. The van der Waals surface area contributed by atoms with Gasteiger partial charge in [0, 0.05) is 42.7 Å². The van der Waals surface area contributed by atoms with E-state index in [1.165, 1.54) is 6.20 Å². The first-order valence-corrected chi connectivity index (χ1v) is 9.66. The summed E-state index contributed by atoms with van der Waals surface area (Å²) < 4.78 is 1.94. The number of nitrogens with zero attached hydrogens (tertiary/aromatic N) is 3. The van der Waals surface area contributed by atoms with Crippen LogP contribution >= 0.6 is 0 Å². The minimum absolute atomic E-state index is 0.111. The summed E-state index contributed by atoms with van der Waals surface area (Å²) in [5.41, 5.74) is 1.46. The van der Waals surface area contributed by atoms with Gasteiger partial charge in [0.05, 0.1) is 17.9 Å². The molecule has 0 spiro atoms. The van der Waals surface area contributed by atoms with E-state index in [1.54, 1.807) is 55.1 Å². The standard InChI is InChI=1S/C22H26N6O2/c1-22(2,3)19(14-28-11-10-24-15-28)27-21(30)26-18-8-4-7-17(12-18)25-20(29)16-6-5-9-23-13-16/h4-13,15,19H,14H2,1-3H3,(H,25,29)(H2,26,27,30). The van der Waals surface area contributed by atoms with Crippen LogP contribution < -0.4 is 16.0 Å². The Morgan fingerprint density at radius 2 is 1.80 bits per heavy atom. The van der Waals surface area contributed by atoms with Crippen molar-refractivity contribution in [3.05, 3.63) is 73.1 Å². The Kier molecular flexibility index (Phi) is 6.46. The lowest BCUT2D eigenvalue weighted by molar-refractivity contribution is 0.102. The molecule has 30 heavy (non-hydrogen) atoms. The first kappa shape index (κ1) is 21.0. The molecule has 1 atom stereocenters. The van der Waals surface area contributed by atoms with Crippen LogP contribution in [0.15, 0.2) is 67.5 Å². The second kappa shape index (κ2) is 9.21. The third-order valence-corrected chi connectivity index (χ3v) is 4.61. The van der Waals surface area contributed by atoms with Gasteiger partial charge in [-0.1, -0.05) is 26.8 Å². The van der Waals surface area contributed by atoms with Gasteiger partial charge in [-0.2, -0.15) is 0 Å². The van der Waals surface area contributed by atoms with Crippen LogP contribution in [-0.4, -0.2) is 32.5 Å². The van der Waals surface area contributed by atoms with Crippen LogP contribution in [0.4, 0.5) is 16.2 Å². The highest BCUT2D eigenvalue weighted by molar-refractivity contribution is 6.04. The van der Waals surface area contributed by atoms with Crippen LogP contribution in [0.25, 0.3) is 0 Å². The number of aromatic nitrogens is 3. The van der Waals surface area contributed by atoms with Gasteiger partial charge in [-0.15, -0.1) is 0 Å². The van der Waals surface area contributed by atoms with E-state index in [9.17, 15) is 9.59 Å². The third-order valence-electron chi connectivity index (χ3n) is 4.61. The molecule has 2 heterocycles. The Morgan fingerprint density at radius 1 is 1.03 bits per heavy atom. The van der Waals surface area contributed by atoms with Crippen LogP contribution in [0.3, 0.4) is 0 Å². The maximum absolute atomic E-state index is 12.6. The predicted octanol–water partition coefficient (Wildman–Crippen LogP) is 3.77. The highest BCUT2D eigenvalue weighted by Crippen LogP contribution is 2.21. The molecule has 0 aliphatic heterocycles. The van der Waals surface area contributed by atoms with Crippen molar-refractivity contribution in [3.8, 4) is 0 Å². The number of imidazole rings is 1. The smallest absolute Gasteiger partial charge is 0.319 e. The first-order chi connectivity index (χ1) is 14.3. The molecule has 1 unspecified atom stereocenters. The topological polar surface area (TPSA) is 101 Å². The van der Waals surface area contributed by atoms with Gasteiger partial charge < -0.3 is 20.5 Å². The molecule has 0 aliphatic rings. The number of hydrogen-bond donors (Lipinski definition) is 3. The van der Waals surface area contributed by atoms with Crippen molar-refractivity contribution in [2.75, 3.05) is 10.6 Å². The molecule has 2 aromatic heterocycles. The molecule has 3 aromatic rings. The van der Waals surface area contributed by atoms with Gasteiger partial charge >= 0.3 is 6.03 Å². The predicted molar refractivity (Wildman–Crippen MR) is 116 cm³/mol. The van der Waals surface area contributed by atoms with Crippen molar-refractivity contribution in [2.45, 2.75) is 33.4 Å². The van der Waals surface area contributed by atoms with Crippen LogP contribution in [0, 0.1) is 5.41 Å². The molecule has 0 radical (unpaired) electrons. The van der Waals surface area contributed by atoms with E-state index in [-0.39, 0.29) is 23.4 Å². The monoisotopic (exact) mass is 406 g/mol. The van der Waals surface area contributed by atoms with Crippen molar-refractivity contribution < 1.29 is 9.59 Å². The zero-order valence-corrected chi connectivity index (χ0v) is 17.3. The molecule has 0 saturated carbocycles. The van der Waals surface area contributed by atoms with Crippen LogP contribution in [0.2, 0.25) is 0 Å². The highest BCUT2D eigenvalue weighted by Gasteiger charge is 2.26. The normalized spacial score (nSPS) is 12.1. The van der Waals surface area contributed by atoms with Gasteiger partial charge in [0.2, 0.25) is 0 Å². The first-order valence-electron chi connectivity index (χ1n) is 9.66. The Morgan fingerprint density at radius 3 is 2.43 bits per heavy atom. The summed E-state index contributed by atoms with van der Waals surface area (Å²) in [5.74, 6) is -0.266. The number of rotatable bonds is 6. The van der Waals surface area contributed by atoms with Gasteiger partial charge in [0.15, 0.2) is 0 Å². The zero-order valence-electron chi connectivity index (χ0n) is 17.3. The van der Waals surface area contributed by atoms with Crippen molar-refractivity contribution in [1.82, 2.24) is 19.9 Å². The van der Waals surface area contributed by atoms with Crippen LogP contribution in [-0.2, 0) is 6.54 Å². The molecule has 156 valence electrons. The molecule has 0 fully saturated rings. The summed E-state index contributed by atoms with van der Waals surface area (Å²) in [4.78, 5) is 32.9. The second-order valence-corrected chi connectivity index (χ2v) is 8.05. The number of carbonyl (C=O) groups is 2. The van der Waals surface area contributed by atoms with E-state index in [1.807, 2.05) is 10.8 Å². The summed E-state index contributed by atoms with van der Waals surface area (Å²) in [6.45, 7) is 6.83. The minimum Gasteiger partial charge on any atom is -0.335 e. The fourth-order valence-corrected chi connectivity index (χ4v) is 2.84. The summed E-state index contributed by atoms with van der Waals surface area (Å²) >= 11 is 0. The lowest BCUT2D eigenvalue weighted by atomic mass is 9.86. The van der Waals surface area contributed by atoms with Gasteiger partial charge in [-0.05, 0) is 35.7 Å². The van der Waals surface area contributed by atoms with Gasteiger partial charge in [0.1, 0.15) is 0 Å². The van der Waals surface area contributed by atoms with E-state index in [4.69, 9.17) is 0 Å². The molecule has 0 aliphatic carbocycles. The third kappa shape index (κ3) is 5.91. The molecule has 3 rings (SSSR count). The summed E-state index contributed by atoms with van der Waals surface area (Å²) in [5, 5.41) is 8.68. The van der Waals surface area contributed by atoms with Crippen LogP contribution in [0.5, 0.6) is 0 Å². The van der Waals surface area contributed by atoms with Crippen molar-refractivity contribution in [3.63, 3.8) is 0 Å². The lowest BCUT2D eigenvalue weighted by Gasteiger charge is -2.31. The second-order valence-electron chi connectivity index (χ2n) is 8.05. The van der Waals surface area contributed by atoms with E-state index in [0.717, 1.165) is 0 Å². The molecule has 1 aromatic carbocycles. The summed E-state index contributed by atoms with van der Waals surface area (Å²) in [6.07, 6.45) is 8.42. The van der Waals surface area contributed by atoms with E-state index in [2.05, 4.69) is 46.7 Å². The van der Waals surface area contributed by atoms with E-state index >= 15 is 0 Å². The number of carbonyl (C=O) groups excluding carboxylic acids is 2. The number of nitrogens with one attached hydrogen (secondary N) is 3.